The van der Waals surface area contributed by atoms with Gasteiger partial charge in [0.2, 0.25) is 0 Å². The molecule has 8 nitrogen and oxygen atoms in total. The van der Waals surface area contributed by atoms with Gasteiger partial charge in [0.15, 0.2) is 0 Å². The number of ether oxygens (including phenoxy) is 1. The number of hydrazone groups is 1. The molecule has 0 spiro atoms. The largest absolute Gasteiger partial charge is 0.546 e. The maximum Gasteiger partial charge on any atom is 0.329 e. The van der Waals surface area contributed by atoms with Crippen molar-refractivity contribution in [2.75, 3.05) is 6.61 Å². The van der Waals surface area contributed by atoms with Crippen LogP contribution in [-0.2, 0) is 14.4 Å². The second kappa shape index (κ2) is 9.66. The first kappa shape index (κ1) is 19.6. The van der Waals surface area contributed by atoms with Crippen molar-refractivity contribution in [2.45, 2.75) is 26.3 Å². The fraction of sp³-hybridized carbons (Fsp3) is 0.333. The summed E-state index contributed by atoms with van der Waals surface area (Å²) in [5.74, 6) is -2.62. The van der Waals surface area contributed by atoms with E-state index in [1.807, 2.05) is 6.92 Å². The second-order valence-electron chi connectivity index (χ2n) is 4.83. The van der Waals surface area contributed by atoms with Crippen LogP contribution in [0.1, 0.15) is 25.8 Å². The Balaban J connectivity index is 2.58. The highest BCUT2D eigenvalue weighted by molar-refractivity contribution is 9.10. The molecule has 0 heterocycles. The third kappa shape index (κ3) is 6.78. The number of nitrogens with zero attached hydrogens (tertiary/aromatic N) is 1. The van der Waals surface area contributed by atoms with E-state index in [-0.39, 0.29) is 6.04 Å². The van der Waals surface area contributed by atoms with Crippen LogP contribution < -0.4 is 20.6 Å². The Morgan fingerprint density at radius 2 is 2.08 bits per heavy atom. The molecule has 0 saturated heterocycles. The van der Waals surface area contributed by atoms with Gasteiger partial charge in [0.25, 0.3) is 0 Å². The van der Waals surface area contributed by atoms with Crippen LogP contribution in [0.4, 0.5) is 0 Å². The Kier molecular flexibility index (Phi) is 7.90. The number of carboxylic acid groups (broad SMARTS) is 1. The minimum atomic E-state index is -1.33. The number of carbonyl (C=O) groups is 3. The van der Waals surface area contributed by atoms with Crippen molar-refractivity contribution in [3.63, 3.8) is 0 Å². The van der Waals surface area contributed by atoms with Crippen molar-refractivity contribution in [1.82, 2.24) is 10.7 Å². The van der Waals surface area contributed by atoms with Crippen LogP contribution in [0.15, 0.2) is 27.8 Å². The SMILES string of the molecule is CC[C@H](C)NC(=O)C(=O)N/N=C\c1ccc(OCC(=O)[O-])c(Br)c1. The van der Waals surface area contributed by atoms with E-state index in [2.05, 4.69) is 31.8 Å². The lowest BCUT2D eigenvalue weighted by Crippen LogP contribution is -2.41. The quantitative estimate of drug-likeness (QED) is 0.378. The predicted molar refractivity (Wildman–Crippen MR) is 88.3 cm³/mol. The van der Waals surface area contributed by atoms with Gasteiger partial charge in [-0.1, -0.05) is 6.92 Å². The predicted octanol–water partition coefficient (Wildman–Crippen LogP) is -0.0574. The standard InChI is InChI=1S/C15H18BrN3O5/c1-3-9(2)18-14(22)15(23)19-17-7-10-4-5-12(11(16)6-10)24-8-13(20)21/h4-7,9H,3,8H2,1-2H3,(H,18,22)(H,19,23)(H,20,21)/p-1/b17-7-/t9-/m0/s1. The molecular weight excluding hydrogens is 382 g/mol. The molecule has 24 heavy (non-hydrogen) atoms. The van der Waals surface area contributed by atoms with Gasteiger partial charge in [-0.05, 0) is 53.0 Å². The third-order valence-electron chi connectivity index (χ3n) is 2.88. The number of aliphatic carboxylic acids is 1. The molecule has 0 fully saturated rings. The van der Waals surface area contributed by atoms with E-state index in [9.17, 15) is 19.5 Å². The van der Waals surface area contributed by atoms with E-state index in [4.69, 9.17) is 4.74 Å². The number of carboxylic acids is 1. The molecule has 0 aliphatic rings. The highest BCUT2D eigenvalue weighted by Gasteiger charge is 2.14. The lowest BCUT2D eigenvalue weighted by molar-refractivity contribution is -0.307. The summed E-state index contributed by atoms with van der Waals surface area (Å²) in [6, 6.07) is 4.65. The molecule has 0 aromatic heterocycles. The Bertz CT molecular complexity index is 648. The Morgan fingerprint density at radius 3 is 2.67 bits per heavy atom. The van der Waals surface area contributed by atoms with Crippen LogP contribution in [-0.4, -0.2) is 36.6 Å². The molecule has 1 atom stereocenters. The lowest BCUT2D eigenvalue weighted by Gasteiger charge is -2.09. The summed E-state index contributed by atoms with van der Waals surface area (Å²) < 4.78 is 5.51. The van der Waals surface area contributed by atoms with Crippen molar-refractivity contribution < 1.29 is 24.2 Å². The molecule has 0 aliphatic heterocycles. The van der Waals surface area contributed by atoms with Gasteiger partial charge in [0.1, 0.15) is 12.4 Å². The van der Waals surface area contributed by atoms with Crippen LogP contribution >= 0.6 is 15.9 Å². The smallest absolute Gasteiger partial charge is 0.329 e. The number of nitrogens with one attached hydrogen (secondary N) is 2. The third-order valence-corrected chi connectivity index (χ3v) is 3.50. The van der Waals surface area contributed by atoms with E-state index < -0.39 is 24.4 Å². The topological polar surface area (TPSA) is 120 Å². The van der Waals surface area contributed by atoms with Crippen LogP contribution in [0, 0.1) is 0 Å². The molecule has 2 amide bonds. The second-order valence-corrected chi connectivity index (χ2v) is 5.69. The van der Waals surface area contributed by atoms with E-state index in [1.54, 1.807) is 19.1 Å². The fourth-order valence-corrected chi connectivity index (χ4v) is 1.97. The highest BCUT2D eigenvalue weighted by atomic mass is 79.9. The Labute approximate surface area is 147 Å². The van der Waals surface area contributed by atoms with Gasteiger partial charge in [-0.25, -0.2) is 5.43 Å². The molecule has 9 heteroatoms. The van der Waals surface area contributed by atoms with E-state index >= 15 is 0 Å². The van der Waals surface area contributed by atoms with Gasteiger partial charge in [-0.15, -0.1) is 0 Å². The number of halogens is 1. The average Bonchev–Trinajstić information content (AvgIpc) is 2.53. The van der Waals surface area contributed by atoms with Crippen molar-refractivity contribution in [2.24, 2.45) is 5.10 Å². The van der Waals surface area contributed by atoms with Gasteiger partial charge in [0, 0.05) is 6.04 Å². The molecule has 0 radical (unpaired) electrons. The van der Waals surface area contributed by atoms with E-state index in [1.165, 1.54) is 12.3 Å². The van der Waals surface area contributed by atoms with Gasteiger partial charge in [-0.3, -0.25) is 9.59 Å². The number of benzene rings is 1. The summed E-state index contributed by atoms with van der Waals surface area (Å²) in [5.41, 5.74) is 2.72. The van der Waals surface area contributed by atoms with Gasteiger partial charge in [-0.2, -0.15) is 5.10 Å². The molecule has 0 saturated carbocycles. The molecule has 0 unspecified atom stereocenters. The number of hydrogen-bond acceptors (Lipinski definition) is 6. The summed E-state index contributed by atoms with van der Waals surface area (Å²) >= 11 is 3.22. The van der Waals surface area contributed by atoms with Crippen LogP contribution in [0.3, 0.4) is 0 Å². The van der Waals surface area contributed by atoms with Crippen LogP contribution in [0.5, 0.6) is 5.75 Å². The van der Waals surface area contributed by atoms with Gasteiger partial charge in [0.05, 0.1) is 16.7 Å². The minimum absolute atomic E-state index is 0.100. The number of hydrogen-bond donors (Lipinski definition) is 2. The lowest BCUT2D eigenvalue weighted by atomic mass is 10.2. The zero-order chi connectivity index (χ0) is 18.1. The zero-order valence-corrected chi connectivity index (χ0v) is 14.8. The summed E-state index contributed by atoms with van der Waals surface area (Å²) in [6.07, 6.45) is 2.05. The molecule has 1 aromatic carbocycles. The number of amides is 2. The highest BCUT2D eigenvalue weighted by Crippen LogP contribution is 2.25. The first-order chi connectivity index (χ1) is 11.3. The van der Waals surface area contributed by atoms with Crippen molar-refractivity contribution in [1.29, 1.82) is 0 Å². The monoisotopic (exact) mass is 398 g/mol. The number of rotatable bonds is 7. The molecule has 0 aliphatic carbocycles. The van der Waals surface area contributed by atoms with Gasteiger partial charge < -0.3 is 20.0 Å². The molecule has 1 aromatic rings. The maximum atomic E-state index is 11.5. The Morgan fingerprint density at radius 1 is 1.38 bits per heavy atom. The maximum absolute atomic E-state index is 11.5. The summed E-state index contributed by atoms with van der Waals surface area (Å²) in [7, 11) is 0. The van der Waals surface area contributed by atoms with Crippen molar-refractivity contribution in [3.8, 4) is 5.75 Å². The van der Waals surface area contributed by atoms with E-state index in [0.29, 0.717) is 22.2 Å². The fourth-order valence-electron chi connectivity index (χ4n) is 1.46. The molecule has 0 bridgehead atoms. The summed E-state index contributed by atoms with van der Waals surface area (Å²) in [4.78, 5) is 33.4. The van der Waals surface area contributed by atoms with Crippen LogP contribution in [0.2, 0.25) is 0 Å². The first-order valence-corrected chi connectivity index (χ1v) is 7.88. The molecule has 1 rings (SSSR count). The average molecular weight is 399 g/mol. The zero-order valence-electron chi connectivity index (χ0n) is 13.2. The number of carbonyl (C=O) groups excluding carboxylic acids is 3. The summed E-state index contributed by atoms with van der Waals surface area (Å²) in [6.45, 7) is 3.11. The van der Waals surface area contributed by atoms with Crippen molar-refractivity contribution >= 4 is 39.9 Å². The molecule has 2 N–H and O–H groups in total. The Hall–Kier alpha value is -2.42. The normalized spacial score (nSPS) is 11.8. The van der Waals surface area contributed by atoms with Gasteiger partial charge >= 0.3 is 11.8 Å². The molecule has 130 valence electrons. The molecular formula is C15H17BrN3O5-. The van der Waals surface area contributed by atoms with E-state index in [0.717, 1.165) is 0 Å². The van der Waals surface area contributed by atoms with Crippen LogP contribution in [0.25, 0.3) is 0 Å². The first-order valence-electron chi connectivity index (χ1n) is 7.09. The minimum Gasteiger partial charge on any atom is -0.546 e. The van der Waals surface area contributed by atoms with Crippen molar-refractivity contribution in [3.05, 3.63) is 28.2 Å². The summed E-state index contributed by atoms with van der Waals surface area (Å²) in [5, 5.41) is 16.6.